The number of hydrogen-bond acceptors (Lipinski definition) is 5. The van der Waals surface area contributed by atoms with Gasteiger partial charge in [0, 0.05) is 24.3 Å². The Hall–Kier alpha value is -2.67. The maximum atomic E-state index is 12.2. The molecule has 0 saturated heterocycles. The summed E-state index contributed by atoms with van der Waals surface area (Å²) in [5, 5.41) is 4.51. The molecule has 0 spiro atoms. The summed E-state index contributed by atoms with van der Waals surface area (Å²) in [4.78, 5) is 29.1. The Kier molecular flexibility index (Phi) is 4.38. The Morgan fingerprint density at radius 3 is 3.04 bits per heavy atom. The van der Waals surface area contributed by atoms with E-state index >= 15 is 0 Å². The molecule has 7 heteroatoms. The lowest BCUT2D eigenvalue weighted by Crippen LogP contribution is -2.32. The third-order valence-corrected chi connectivity index (χ3v) is 4.23. The van der Waals surface area contributed by atoms with Gasteiger partial charge in [-0.1, -0.05) is 18.2 Å². The number of rotatable bonds is 5. The second-order valence-electron chi connectivity index (χ2n) is 4.85. The van der Waals surface area contributed by atoms with Crippen molar-refractivity contribution in [2.45, 2.75) is 6.42 Å². The van der Waals surface area contributed by atoms with E-state index in [1.807, 2.05) is 24.3 Å². The maximum absolute atomic E-state index is 12.2. The third kappa shape index (κ3) is 3.09. The molecule has 0 radical (unpaired) electrons. The molecule has 0 unspecified atom stereocenters. The highest BCUT2D eigenvalue weighted by atomic mass is 32.1. The summed E-state index contributed by atoms with van der Waals surface area (Å²) in [5.41, 5.74) is 0.686. The van der Waals surface area contributed by atoms with Gasteiger partial charge in [0.1, 0.15) is 11.3 Å². The minimum Gasteiger partial charge on any atom is -0.496 e. The first-order valence-corrected chi connectivity index (χ1v) is 7.93. The van der Waals surface area contributed by atoms with Crippen molar-refractivity contribution in [1.82, 2.24) is 14.7 Å². The summed E-state index contributed by atoms with van der Waals surface area (Å²) in [5.74, 6) is 0.362. The number of hydrogen-bond donors (Lipinski definition) is 1. The molecule has 3 rings (SSSR count). The topological polar surface area (TPSA) is 72.7 Å². The molecule has 0 aliphatic heterocycles. The monoisotopic (exact) mass is 329 g/mol. The van der Waals surface area contributed by atoms with Crippen molar-refractivity contribution in [1.29, 1.82) is 0 Å². The molecule has 0 aliphatic carbocycles. The Labute approximate surface area is 136 Å². The van der Waals surface area contributed by atoms with Crippen LogP contribution >= 0.6 is 11.3 Å². The lowest BCUT2D eigenvalue weighted by atomic mass is 10.1. The van der Waals surface area contributed by atoms with Crippen LogP contribution in [0, 0.1) is 0 Å². The predicted octanol–water partition coefficient (Wildman–Crippen LogP) is 1.74. The molecule has 23 heavy (non-hydrogen) atoms. The standard InChI is InChI=1S/C16H15N3O3S/c1-22-13-5-3-2-4-11(13)6-7-17-14(20)12-10-18-16-19(15(12)21)8-9-23-16/h2-5,8-10H,6-7H2,1H3,(H,17,20). The molecular formula is C16H15N3O3S. The van der Waals surface area contributed by atoms with Crippen LogP contribution < -0.4 is 15.6 Å². The molecule has 1 N–H and O–H groups in total. The van der Waals surface area contributed by atoms with E-state index in [-0.39, 0.29) is 11.1 Å². The summed E-state index contributed by atoms with van der Waals surface area (Å²) in [6, 6.07) is 7.63. The quantitative estimate of drug-likeness (QED) is 0.774. The fraction of sp³-hybridized carbons (Fsp3) is 0.188. The fourth-order valence-corrected chi connectivity index (χ4v) is 2.97. The van der Waals surface area contributed by atoms with E-state index in [0.717, 1.165) is 11.3 Å². The number of nitrogens with zero attached hydrogens (tertiary/aromatic N) is 2. The molecule has 1 aromatic carbocycles. The number of fused-ring (bicyclic) bond motifs is 1. The Morgan fingerprint density at radius 2 is 2.22 bits per heavy atom. The van der Waals surface area contributed by atoms with Gasteiger partial charge < -0.3 is 10.1 Å². The largest absolute Gasteiger partial charge is 0.496 e. The third-order valence-electron chi connectivity index (χ3n) is 3.46. The summed E-state index contributed by atoms with van der Waals surface area (Å²) < 4.78 is 6.65. The van der Waals surface area contributed by atoms with Crippen LogP contribution in [0.3, 0.4) is 0 Å². The summed E-state index contributed by atoms with van der Waals surface area (Å²) in [6.45, 7) is 0.408. The van der Waals surface area contributed by atoms with E-state index in [4.69, 9.17) is 4.74 Å². The van der Waals surface area contributed by atoms with Crippen LogP contribution in [-0.2, 0) is 6.42 Å². The molecule has 118 valence electrons. The maximum Gasteiger partial charge on any atom is 0.271 e. The molecule has 2 heterocycles. The van der Waals surface area contributed by atoms with Gasteiger partial charge in [-0.3, -0.25) is 14.0 Å². The second-order valence-corrected chi connectivity index (χ2v) is 5.72. The normalized spacial score (nSPS) is 10.7. The molecule has 0 bridgehead atoms. The van der Waals surface area contributed by atoms with E-state index in [0.29, 0.717) is 17.9 Å². The zero-order valence-electron chi connectivity index (χ0n) is 12.5. The van der Waals surface area contributed by atoms with Crippen LogP contribution in [0.15, 0.2) is 46.8 Å². The van der Waals surface area contributed by atoms with Gasteiger partial charge in [-0.05, 0) is 18.1 Å². The molecule has 1 amide bonds. The molecule has 2 aromatic heterocycles. The first kappa shape index (κ1) is 15.2. The lowest BCUT2D eigenvalue weighted by Gasteiger charge is -2.09. The fourth-order valence-electron chi connectivity index (χ4n) is 2.30. The number of amides is 1. The number of para-hydroxylation sites is 1. The van der Waals surface area contributed by atoms with Crippen LogP contribution in [0.25, 0.3) is 4.96 Å². The molecular weight excluding hydrogens is 314 g/mol. The average molecular weight is 329 g/mol. The Balaban J connectivity index is 1.69. The van der Waals surface area contributed by atoms with Crippen molar-refractivity contribution in [2.24, 2.45) is 0 Å². The number of benzene rings is 1. The molecule has 0 fully saturated rings. The number of thiazole rings is 1. The number of carbonyl (C=O) groups excluding carboxylic acids is 1. The van der Waals surface area contributed by atoms with Crippen LogP contribution in [0.5, 0.6) is 5.75 Å². The van der Waals surface area contributed by atoms with Gasteiger partial charge in [0.05, 0.1) is 7.11 Å². The summed E-state index contributed by atoms with van der Waals surface area (Å²) in [6.07, 6.45) is 3.55. The number of methoxy groups -OCH3 is 1. The van der Waals surface area contributed by atoms with Gasteiger partial charge in [-0.25, -0.2) is 4.98 Å². The zero-order chi connectivity index (χ0) is 16.2. The SMILES string of the molecule is COc1ccccc1CCNC(=O)c1cnc2sccn2c1=O. The van der Waals surface area contributed by atoms with Crippen molar-refractivity contribution in [3.05, 3.63) is 63.5 Å². The van der Waals surface area contributed by atoms with Gasteiger partial charge in [0.2, 0.25) is 0 Å². The van der Waals surface area contributed by atoms with Crippen LogP contribution in [-0.4, -0.2) is 28.9 Å². The first-order chi connectivity index (χ1) is 11.2. The van der Waals surface area contributed by atoms with E-state index in [2.05, 4.69) is 10.3 Å². The second kappa shape index (κ2) is 6.62. The highest BCUT2D eigenvalue weighted by Crippen LogP contribution is 2.17. The van der Waals surface area contributed by atoms with Crippen molar-refractivity contribution in [3.8, 4) is 5.75 Å². The molecule has 3 aromatic rings. The van der Waals surface area contributed by atoms with Crippen LogP contribution in [0.4, 0.5) is 0 Å². The van der Waals surface area contributed by atoms with E-state index in [1.165, 1.54) is 21.9 Å². The van der Waals surface area contributed by atoms with Gasteiger partial charge in [-0.2, -0.15) is 0 Å². The Morgan fingerprint density at radius 1 is 1.39 bits per heavy atom. The smallest absolute Gasteiger partial charge is 0.271 e. The van der Waals surface area contributed by atoms with Crippen molar-refractivity contribution in [2.75, 3.05) is 13.7 Å². The molecule has 0 atom stereocenters. The molecule has 6 nitrogen and oxygen atoms in total. The number of carbonyl (C=O) groups is 1. The minimum absolute atomic E-state index is 0.0425. The van der Waals surface area contributed by atoms with Gasteiger partial charge in [-0.15, -0.1) is 11.3 Å². The minimum atomic E-state index is -0.419. The average Bonchev–Trinajstić information content (AvgIpc) is 3.05. The van der Waals surface area contributed by atoms with Gasteiger partial charge >= 0.3 is 0 Å². The van der Waals surface area contributed by atoms with E-state index < -0.39 is 5.91 Å². The number of aromatic nitrogens is 2. The summed E-state index contributed by atoms with van der Waals surface area (Å²) >= 11 is 1.35. The number of ether oxygens (including phenoxy) is 1. The lowest BCUT2D eigenvalue weighted by molar-refractivity contribution is 0.0952. The predicted molar refractivity (Wildman–Crippen MR) is 88.4 cm³/mol. The van der Waals surface area contributed by atoms with Gasteiger partial charge in [0.25, 0.3) is 11.5 Å². The van der Waals surface area contributed by atoms with Gasteiger partial charge in [0.15, 0.2) is 4.96 Å². The van der Waals surface area contributed by atoms with Crippen molar-refractivity contribution in [3.63, 3.8) is 0 Å². The molecule has 0 saturated carbocycles. The highest BCUT2D eigenvalue weighted by molar-refractivity contribution is 7.15. The van der Waals surface area contributed by atoms with Crippen molar-refractivity contribution >= 4 is 22.2 Å². The Bertz CT molecular complexity index is 901. The molecule has 0 aliphatic rings. The van der Waals surface area contributed by atoms with Crippen molar-refractivity contribution < 1.29 is 9.53 Å². The van der Waals surface area contributed by atoms with Crippen LogP contribution in [0.2, 0.25) is 0 Å². The van der Waals surface area contributed by atoms with E-state index in [9.17, 15) is 9.59 Å². The van der Waals surface area contributed by atoms with Crippen LogP contribution in [0.1, 0.15) is 15.9 Å². The zero-order valence-corrected chi connectivity index (χ0v) is 13.3. The summed E-state index contributed by atoms with van der Waals surface area (Å²) in [7, 11) is 1.61. The van der Waals surface area contributed by atoms with E-state index in [1.54, 1.807) is 18.7 Å². The first-order valence-electron chi connectivity index (χ1n) is 7.05. The highest BCUT2D eigenvalue weighted by Gasteiger charge is 2.13. The number of nitrogens with one attached hydrogen (secondary N) is 1.